The molecule has 0 spiro atoms. The Morgan fingerprint density at radius 2 is 2.06 bits per heavy atom. The summed E-state index contributed by atoms with van der Waals surface area (Å²) in [5.41, 5.74) is 1.91. The van der Waals surface area contributed by atoms with Gasteiger partial charge in [-0.15, -0.1) is 0 Å². The molecule has 3 atom stereocenters. The summed E-state index contributed by atoms with van der Waals surface area (Å²) >= 11 is 0. The normalized spacial score (nSPS) is 25.2. The molecule has 5 rings (SSSR count). The van der Waals surface area contributed by atoms with Crippen LogP contribution in [0.1, 0.15) is 55.6 Å². The third kappa shape index (κ3) is 3.69. The summed E-state index contributed by atoms with van der Waals surface area (Å²) in [5.74, 6) is 0.874. The molecule has 1 fully saturated rings. The molecule has 1 aromatic carbocycles. The molecule has 7 heteroatoms. The van der Waals surface area contributed by atoms with Gasteiger partial charge in [0, 0.05) is 24.7 Å². The summed E-state index contributed by atoms with van der Waals surface area (Å²) < 4.78 is 12.9. The molecule has 1 aliphatic heterocycles. The fourth-order valence-corrected chi connectivity index (χ4v) is 5.33. The number of fused-ring (bicyclic) bond motifs is 3. The average molecular weight is 450 g/mol. The molecule has 174 valence electrons. The third-order valence-electron chi connectivity index (χ3n) is 7.44. The van der Waals surface area contributed by atoms with Crippen molar-refractivity contribution < 1.29 is 18.7 Å². The fraction of sp³-hybridized carbons (Fsp3) is 0.462. The monoisotopic (exact) mass is 449 g/mol. The fourth-order valence-electron chi connectivity index (χ4n) is 5.33. The molecule has 1 N–H and O–H groups in total. The second-order valence-corrected chi connectivity index (χ2v) is 9.64. The zero-order valence-electron chi connectivity index (χ0n) is 19.5. The van der Waals surface area contributed by atoms with Crippen molar-refractivity contribution in [1.29, 1.82) is 0 Å². The van der Waals surface area contributed by atoms with Crippen molar-refractivity contribution in [2.24, 2.45) is 5.92 Å². The number of aromatic nitrogens is 1. The summed E-state index contributed by atoms with van der Waals surface area (Å²) in [4.78, 5) is 29.3. The number of carbonyl (C=O) groups excluding carboxylic acids is 2. The lowest BCUT2D eigenvalue weighted by atomic mass is 9.85. The molecule has 33 heavy (non-hydrogen) atoms. The number of hydrogen-bond acceptors (Lipinski definition) is 4. The van der Waals surface area contributed by atoms with Crippen LogP contribution >= 0.6 is 0 Å². The van der Waals surface area contributed by atoms with Gasteiger partial charge >= 0.3 is 0 Å². The Morgan fingerprint density at radius 1 is 1.24 bits per heavy atom. The first-order chi connectivity index (χ1) is 15.9. The van der Waals surface area contributed by atoms with Gasteiger partial charge in [0.05, 0.1) is 25.4 Å². The number of amides is 2. The maximum atomic E-state index is 13.8. The van der Waals surface area contributed by atoms with Gasteiger partial charge in [-0.3, -0.25) is 9.59 Å². The Bertz CT molecular complexity index is 1200. The van der Waals surface area contributed by atoms with E-state index in [1.165, 1.54) is 6.42 Å². The Labute approximate surface area is 193 Å². The highest BCUT2D eigenvalue weighted by Crippen LogP contribution is 2.35. The minimum absolute atomic E-state index is 0.103. The molecule has 0 saturated heterocycles. The highest BCUT2D eigenvalue weighted by atomic mass is 16.5. The second-order valence-electron chi connectivity index (χ2n) is 9.64. The van der Waals surface area contributed by atoms with Gasteiger partial charge < -0.3 is 23.9 Å². The van der Waals surface area contributed by atoms with Gasteiger partial charge in [0.25, 0.3) is 5.91 Å². The van der Waals surface area contributed by atoms with Crippen LogP contribution in [0.15, 0.2) is 47.1 Å². The van der Waals surface area contributed by atoms with Crippen LogP contribution < -0.4 is 10.1 Å². The van der Waals surface area contributed by atoms with Crippen LogP contribution in [0.3, 0.4) is 0 Å². The molecule has 7 nitrogen and oxygen atoms in total. The smallest absolute Gasteiger partial charge is 0.271 e. The van der Waals surface area contributed by atoms with Crippen molar-refractivity contribution in [3.63, 3.8) is 0 Å². The first-order valence-electron chi connectivity index (χ1n) is 11.7. The van der Waals surface area contributed by atoms with Crippen molar-refractivity contribution in [3.8, 4) is 5.75 Å². The lowest BCUT2D eigenvalue weighted by Gasteiger charge is -2.45. The maximum Gasteiger partial charge on any atom is 0.271 e. The largest absolute Gasteiger partial charge is 0.497 e. The first-order valence-corrected chi connectivity index (χ1v) is 11.7. The molecule has 0 bridgehead atoms. The predicted molar refractivity (Wildman–Crippen MR) is 125 cm³/mol. The van der Waals surface area contributed by atoms with E-state index >= 15 is 0 Å². The van der Waals surface area contributed by atoms with Gasteiger partial charge in [-0.25, -0.2) is 0 Å². The van der Waals surface area contributed by atoms with Gasteiger partial charge in [0.15, 0.2) is 5.58 Å². The minimum atomic E-state index is -1.05. The summed E-state index contributed by atoms with van der Waals surface area (Å²) in [6, 6.07) is 11.4. The SMILES string of the molecule is COc1cccc(CN2C(=O)c3cc4occc4n3C[C@]2(C)C(=O)N[C@@H]2CCCC[C@H]2C)c1. The number of rotatable bonds is 5. The summed E-state index contributed by atoms with van der Waals surface area (Å²) in [7, 11) is 1.62. The van der Waals surface area contributed by atoms with Crippen LogP contribution in [0, 0.1) is 5.92 Å². The standard InChI is InChI=1S/C26H31N3O4/c1-17-7-4-5-10-20(17)27-25(31)26(2)16-28-21-11-12-33-23(21)14-22(28)24(30)29(26)15-18-8-6-9-19(13-18)32-3/h6,8-9,11-14,17,20H,4-5,7,10,15-16H2,1-3H3,(H,27,31)/t17-,20-,26-/m1/s1. The molecule has 0 radical (unpaired) electrons. The van der Waals surface area contributed by atoms with Crippen LogP contribution in [-0.2, 0) is 17.9 Å². The van der Waals surface area contributed by atoms with E-state index in [9.17, 15) is 9.59 Å². The van der Waals surface area contributed by atoms with Gasteiger partial charge in [-0.1, -0.05) is 31.9 Å². The topological polar surface area (TPSA) is 76.7 Å². The van der Waals surface area contributed by atoms with Crippen LogP contribution in [0.5, 0.6) is 5.75 Å². The number of nitrogens with one attached hydrogen (secondary N) is 1. The van der Waals surface area contributed by atoms with Gasteiger partial charge in [-0.2, -0.15) is 0 Å². The average Bonchev–Trinajstić information content (AvgIpc) is 3.41. The number of ether oxygens (including phenoxy) is 1. The molecule has 3 aromatic rings. The molecule has 2 aliphatic rings. The Hall–Kier alpha value is -3.22. The van der Waals surface area contributed by atoms with Crippen LogP contribution in [0.4, 0.5) is 0 Å². The zero-order chi connectivity index (χ0) is 23.2. The van der Waals surface area contributed by atoms with E-state index in [-0.39, 0.29) is 17.9 Å². The van der Waals surface area contributed by atoms with E-state index < -0.39 is 5.54 Å². The summed E-state index contributed by atoms with van der Waals surface area (Å²) in [6.07, 6.45) is 6.04. The van der Waals surface area contributed by atoms with Crippen LogP contribution in [0.25, 0.3) is 11.1 Å². The zero-order valence-corrected chi connectivity index (χ0v) is 19.5. The van der Waals surface area contributed by atoms with E-state index in [4.69, 9.17) is 9.15 Å². The van der Waals surface area contributed by atoms with Crippen LogP contribution in [0.2, 0.25) is 0 Å². The first kappa shape index (κ1) is 21.6. The maximum absolute atomic E-state index is 13.8. The quantitative estimate of drug-likeness (QED) is 0.628. The molecular weight excluding hydrogens is 418 g/mol. The Morgan fingerprint density at radius 3 is 2.85 bits per heavy atom. The van der Waals surface area contributed by atoms with E-state index in [0.717, 1.165) is 36.1 Å². The van der Waals surface area contributed by atoms with Crippen molar-refractivity contribution in [2.45, 2.75) is 64.2 Å². The lowest BCUT2D eigenvalue weighted by Crippen LogP contribution is -2.65. The van der Waals surface area contributed by atoms with Crippen molar-refractivity contribution in [3.05, 3.63) is 53.9 Å². The molecule has 1 aliphatic carbocycles. The number of furan rings is 1. The van der Waals surface area contributed by atoms with Crippen molar-refractivity contribution in [2.75, 3.05) is 7.11 Å². The van der Waals surface area contributed by atoms with Gasteiger partial charge in [0.1, 0.15) is 17.0 Å². The highest BCUT2D eigenvalue weighted by Gasteiger charge is 2.48. The highest BCUT2D eigenvalue weighted by molar-refractivity contribution is 6.02. The van der Waals surface area contributed by atoms with Gasteiger partial charge in [-0.05, 0) is 43.4 Å². The third-order valence-corrected chi connectivity index (χ3v) is 7.44. The molecular formula is C26H31N3O4. The molecule has 2 amide bonds. The van der Waals surface area contributed by atoms with E-state index in [1.807, 2.05) is 41.8 Å². The molecule has 0 unspecified atom stereocenters. The number of carbonyl (C=O) groups is 2. The van der Waals surface area contributed by atoms with Gasteiger partial charge in [0.2, 0.25) is 5.91 Å². The predicted octanol–water partition coefficient (Wildman–Crippen LogP) is 4.35. The molecule has 3 heterocycles. The van der Waals surface area contributed by atoms with Crippen molar-refractivity contribution >= 4 is 22.9 Å². The number of methoxy groups -OCH3 is 1. The Kier molecular flexibility index (Phi) is 5.43. The Balaban J connectivity index is 1.53. The molecule has 2 aromatic heterocycles. The summed E-state index contributed by atoms with van der Waals surface area (Å²) in [6.45, 7) is 4.76. The number of hydrogen-bond donors (Lipinski definition) is 1. The number of benzene rings is 1. The summed E-state index contributed by atoms with van der Waals surface area (Å²) in [5, 5.41) is 3.31. The second kappa shape index (κ2) is 8.28. The number of nitrogens with zero attached hydrogens (tertiary/aromatic N) is 2. The van der Waals surface area contributed by atoms with E-state index in [0.29, 0.717) is 30.3 Å². The minimum Gasteiger partial charge on any atom is -0.497 e. The van der Waals surface area contributed by atoms with Crippen molar-refractivity contribution in [1.82, 2.24) is 14.8 Å². The van der Waals surface area contributed by atoms with E-state index in [2.05, 4.69) is 12.2 Å². The van der Waals surface area contributed by atoms with Crippen LogP contribution in [-0.4, -0.2) is 40.0 Å². The lowest BCUT2D eigenvalue weighted by molar-refractivity contribution is -0.134. The molecule has 1 saturated carbocycles. The van der Waals surface area contributed by atoms with E-state index in [1.54, 1.807) is 24.3 Å².